The molecule has 0 aliphatic rings. The summed E-state index contributed by atoms with van der Waals surface area (Å²) in [4.78, 5) is 0. The Balaban J connectivity index is 2.44. The molecule has 0 heterocycles. The zero-order valence-corrected chi connectivity index (χ0v) is 15.2. The second-order valence-corrected chi connectivity index (χ2v) is 6.73. The molecule has 1 nitrogen and oxygen atoms in total. The van der Waals surface area contributed by atoms with Crippen molar-refractivity contribution in [1.29, 1.82) is 0 Å². The molecule has 0 saturated heterocycles. The summed E-state index contributed by atoms with van der Waals surface area (Å²) in [6.45, 7) is 6.24. The Hall–Kier alpha value is -0.990. The number of aryl methyl sites for hydroxylation is 2. The van der Waals surface area contributed by atoms with Gasteiger partial charge in [-0.1, -0.05) is 40.2 Å². The van der Waals surface area contributed by atoms with E-state index < -0.39 is 0 Å². The fourth-order valence-corrected chi connectivity index (χ4v) is 3.64. The number of benzene rings is 2. The normalized spacial score (nSPS) is 12.3. The van der Waals surface area contributed by atoms with Crippen LogP contribution in [0.3, 0.4) is 0 Å². The minimum absolute atomic E-state index is 0.114. The lowest BCUT2D eigenvalue weighted by Gasteiger charge is -2.20. The monoisotopic (exact) mass is 366 g/mol. The first kappa shape index (κ1) is 16.4. The number of hydrogen-bond donors (Lipinski definition) is 0. The van der Waals surface area contributed by atoms with Gasteiger partial charge in [-0.25, -0.2) is 0 Å². The summed E-state index contributed by atoms with van der Waals surface area (Å²) >= 11 is 10.4. The van der Waals surface area contributed by atoms with Crippen molar-refractivity contribution in [3.05, 3.63) is 62.6 Å². The maximum absolute atomic E-state index is 6.75. The molecule has 112 valence electrons. The van der Waals surface area contributed by atoms with E-state index in [1.807, 2.05) is 6.92 Å². The van der Waals surface area contributed by atoms with Crippen molar-refractivity contribution in [1.82, 2.24) is 0 Å². The van der Waals surface area contributed by atoms with Crippen LogP contribution in [0.1, 0.15) is 33.2 Å². The van der Waals surface area contributed by atoms with E-state index in [1.54, 1.807) is 7.11 Å². The molecule has 2 aromatic carbocycles. The predicted octanol–water partition coefficient (Wildman–Crippen LogP) is 5.91. The van der Waals surface area contributed by atoms with Crippen molar-refractivity contribution >= 4 is 27.5 Å². The molecule has 0 saturated carbocycles. The van der Waals surface area contributed by atoms with E-state index in [0.29, 0.717) is 0 Å². The minimum atomic E-state index is -0.114. The van der Waals surface area contributed by atoms with Gasteiger partial charge in [0.15, 0.2) is 0 Å². The molecule has 0 bridgehead atoms. The maximum atomic E-state index is 6.75. The first-order valence-electron chi connectivity index (χ1n) is 6.97. The lowest BCUT2D eigenvalue weighted by molar-refractivity contribution is 0.405. The smallest absolute Gasteiger partial charge is 0.126 e. The van der Waals surface area contributed by atoms with E-state index >= 15 is 0 Å². The number of methoxy groups -OCH3 is 1. The summed E-state index contributed by atoms with van der Waals surface area (Å²) in [5.41, 5.74) is 5.86. The summed E-state index contributed by atoms with van der Waals surface area (Å²) in [5, 5.41) is -0.114. The number of rotatable bonds is 4. The fourth-order valence-electron chi connectivity index (χ4n) is 2.66. The summed E-state index contributed by atoms with van der Waals surface area (Å²) in [6, 6.07) is 10.4. The van der Waals surface area contributed by atoms with E-state index in [9.17, 15) is 0 Å². The van der Waals surface area contributed by atoms with Crippen molar-refractivity contribution in [2.75, 3.05) is 7.11 Å². The quantitative estimate of drug-likeness (QED) is 0.611. The average Bonchev–Trinajstić information content (AvgIpc) is 2.44. The Labute approximate surface area is 140 Å². The van der Waals surface area contributed by atoms with Crippen molar-refractivity contribution < 1.29 is 4.74 Å². The first-order chi connectivity index (χ1) is 9.95. The zero-order chi connectivity index (χ0) is 15.6. The van der Waals surface area contributed by atoms with Crippen LogP contribution in [0.2, 0.25) is 0 Å². The molecule has 0 N–H and O–H groups in total. The molecular weight excluding hydrogens is 348 g/mol. The fraction of sp³-hybridized carbons (Fsp3) is 0.333. The Kier molecular flexibility index (Phi) is 5.34. The number of alkyl halides is 1. The van der Waals surface area contributed by atoms with Crippen LogP contribution >= 0.6 is 27.5 Å². The van der Waals surface area contributed by atoms with Crippen LogP contribution in [0.4, 0.5) is 0 Å². The molecule has 0 aliphatic heterocycles. The van der Waals surface area contributed by atoms with Crippen LogP contribution in [0.15, 0.2) is 34.8 Å². The second kappa shape index (κ2) is 6.85. The van der Waals surface area contributed by atoms with E-state index in [2.05, 4.69) is 60.1 Å². The maximum Gasteiger partial charge on any atom is 0.126 e. The van der Waals surface area contributed by atoms with Crippen LogP contribution < -0.4 is 4.74 Å². The number of halogens is 2. The SMILES string of the molecule is COc1c(C)cc(Br)c(C)c1C(Cl)Cc1ccccc1C. The molecule has 21 heavy (non-hydrogen) atoms. The first-order valence-corrected chi connectivity index (χ1v) is 8.20. The van der Waals surface area contributed by atoms with Crippen LogP contribution in [-0.4, -0.2) is 7.11 Å². The van der Waals surface area contributed by atoms with Crippen molar-refractivity contribution in [3.63, 3.8) is 0 Å². The van der Waals surface area contributed by atoms with E-state index in [-0.39, 0.29) is 5.38 Å². The summed E-state index contributed by atoms with van der Waals surface area (Å²) in [6.07, 6.45) is 0.793. The van der Waals surface area contributed by atoms with Gasteiger partial charge in [-0.3, -0.25) is 0 Å². The molecule has 0 amide bonds. The zero-order valence-electron chi connectivity index (χ0n) is 12.8. The number of ether oxygens (including phenoxy) is 1. The van der Waals surface area contributed by atoms with Gasteiger partial charge in [0.1, 0.15) is 5.75 Å². The summed E-state index contributed by atoms with van der Waals surface area (Å²) in [5.74, 6) is 0.893. The van der Waals surface area contributed by atoms with Gasteiger partial charge < -0.3 is 4.74 Å². The second-order valence-electron chi connectivity index (χ2n) is 5.35. The van der Waals surface area contributed by atoms with Crippen molar-refractivity contribution in [3.8, 4) is 5.75 Å². The lowest BCUT2D eigenvalue weighted by Crippen LogP contribution is -2.05. The van der Waals surface area contributed by atoms with Gasteiger partial charge in [0, 0.05) is 10.0 Å². The third kappa shape index (κ3) is 3.44. The topological polar surface area (TPSA) is 9.23 Å². The molecule has 1 atom stereocenters. The Bertz CT molecular complexity index is 652. The molecule has 2 aromatic rings. The molecular formula is C18H20BrClO. The van der Waals surface area contributed by atoms with Gasteiger partial charge in [0.25, 0.3) is 0 Å². The lowest BCUT2D eigenvalue weighted by atomic mass is 9.95. The third-order valence-corrected chi connectivity index (χ3v) is 5.08. The molecule has 3 heteroatoms. The predicted molar refractivity (Wildman–Crippen MR) is 93.6 cm³/mol. The van der Waals surface area contributed by atoms with Crippen LogP contribution in [0.5, 0.6) is 5.75 Å². The highest BCUT2D eigenvalue weighted by atomic mass is 79.9. The minimum Gasteiger partial charge on any atom is -0.496 e. The van der Waals surface area contributed by atoms with Crippen molar-refractivity contribution in [2.45, 2.75) is 32.6 Å². The van der Waals surface area contributed by atoms with E-state index in [4.69, 9.17) is 16.3 Å². The summed E-state index contributed by atoms with van der Waals surface area (Å²) < 4.78 is 6.67. The number of hydrogen-bond acceptors (Lipinski definition) is 1. The van der Waals surface area contributed by atoms with Crippen LogP contribution in [-0.2, 0) is 6.42 Å². The molecule has 2 rings (SSSR count). The molecule has 0 aromatic heterocycles. The van der Waals surface area contributed by atoms with E-state index in [0.717, 1.165) is 33.3 Å². The van der Waals surface area contributed by atoms with Gasteiger partial charge >= 0.3 is 0 Å². The van der Waals surface area contributed by atoms with Crippen LogP contribution in [0.25, 0.3) is 0 Å². The largest absolute Gasteiger partial charge is 0.496 e. The van der Waals surface area contributed by atoms with Gasteiger partial charge in [0.2, 0.25) is 0 Å². The summed E-state index contributed by atoms with van der Waals surface area (Å²) in [7, 11) is 1.70. The Morgan fingerprint density at radius 1 is 1.14 bits per heavy atom. The van der Waals surface area contributed by atoms with Gasteiger partial charge in [-0.2, -0.15) is 0 Å². The van der Waals surface area contributed by atoms with Gasteiger partial charge in [0.05, 0.1) is 12.5 Å². The van der Waals surface area contributed by atoms with Crippen molar-refractivity contribution in [2.24, 2.45) is 0 Å². The molecule has 0 aliphatic carbocycles. The average molecular weight is 368 g/mol. The third-order valence-electron chi connectivity index (χ3n) is 3.89. The standard InChI is InChI=1S/C18H20BrClO/c1-11-7-5-6-8-14(11)10-16(20)17-13(3)15(19)9-12(2)18(17)21-4/h5-9,16H,10H2,1-4H3. The Morgan fingerprint density at radius 2 is 1.81 bits per heavy atom. The highest BCUT2D eigenvalue weighted by Crippen LogP contribution is 2.40. The molecule has 0 radical (unpaired) electrons. The van der Waals surface area contributed by atoms with Gasteiger partial charge in [-0.15, -0.1) is 11.6 Å². The molecule has 0 spiro atoms. The molecule has 1 unspecified atom stereocenters. The molecule has 0 fully saturated rings. The highest BCUT2D eigenvalue weighted by Gasteiger charge is 2.21. The highest BCUT2D eigenvalue weighted by molar-refractivity contribution is 9.10. The van der Waals surface area contributed by atoms with E-state index in [1.165, 1.54) is 11.1 Å². The van der Waals surface area contributed by atoms with Crippen LogP contribution in [0, 0.1) is 20.8 Å². The Morgan fingerprint density at radius 3 is 2.43 bits per heavy atom. The van der Waals surface area contributed by atoms with Gasteiger partial charge in [-0.05, 0) is 55.5 Å².